The maximum absolute atomic E-state index is 4.50. The Bertz CT molecular complexity index is 16.0. The standard InChI is InChI=1S/8CH3B/c8*1-2/h8*1H3. The van der Waals surface area contributed by atoms with Gasteiger partial charge in [0.1, 0.15) is 0 Å². The van der Waals surface area contributed by atoms with Crippen molar-refractivity contribution in [2.45, 2.75) is 54.6 Å². The topological polar surface area (TPSA) is 0 Å². The Morgan fingerprint density at radius 2 is 0.188 bits per heavy atom. The fourth-order valence-electron chi connectivity index (χ4n) is 0. The summed E-state index contributed by atoms with van der Waals surface area (Å²) in [5.74, 6) is 0. The summed E-state index contributed by atoms with van der Waals surface area (Å²) >= 11 is 0. The number of hydrogen-bond donors (Lipinski definition) is 0. The molecule has 0 saturated heterocycles. The zero-order valence-electron chi connectivity index (χ0n) is 12.6. The van der Waals surface area contributed by atoms with E-state index in [0.717, 1.165) is 0 Å². The van der Waals surface area contributed by atoms with Crippen molar-refractivity contribution in [2.75, 3.05) is 0 Å². The molecule has 16 heavy (non-hydrogen) atoms. The van der Waals surface area contributed by atoms with Gasteiger partial charge in [0.2, 0.25) is 0 Å². The zero-order chi connectivity index (χ0) is 16.0. The summed E-state index contributed by atoms with van der Waals surface area (Å²) < 4.78 is 0. The second kappa shape index (κ2) is 12100. The molecule has 0 unspecified atom stereocenters. The van der Waals surface area contributed by atoms with E-state index in [2.05, 4.69) is 62.8 Å². The average Bonchev–Trinajstić information content (AvgIpc) is 2.54. The maximum atomic E-state index is 4.50. The minimum atomic E-state index is 1.50. The minimum absolute atomic E-state index is 1.50. The van der Waals surface area contributed by atoms with Gasteiger partial charge in [0, 0.05) is 0 Å². The molecule has 0 atom stereocenters. The summed E-state index contributed by atoms with van der Waals surface area (Å²) in [6.07, 6.45) is 0. The van der Waals surface area contributed by atoms with Gasteiger partial charge in [-0.25, -0.2) is 0 Å². The molecule has 16 radical (unpaired) electrons. The van der Waals surface area contributed by atoms with Crippen LogP contribution in [0.3, 0.4) is 0 Å². The summed E-state index contributed by atoms with van der Waals surface area (Å²) in [7, 11) is 36.0. The third-order valence-electron chi connectivity index (χ3n) is 0. The smallest absolute Gasteiger partial charge is 0.0606 e. The minimum Gasteiger partial charge on any atom is -0.0999 e. The Morgan fingerprint density at radius 3 is 0.188 bits per heavy atom. The van der Waals surface area contributed by atoms with Gasteiger partial charge in [-0.15, -0.1) is 0 Å². The summed E-state index contributed by atoms with van der Waals surface area (Å²) in [5.41, 5.74) is 0. The molecule has 0 rings (SSSR count). The summed E-state index contributed by atoms with van der Waals surface area (Å²) in [4.78, 5) is 0. The highest BCUT2D eigenvalue weighted by atomic mass is 12.6. The molecule has 0 saturated carbocycles. The van der Waals surface area contributed by atoms with Gasteiger partial charge < -0.3 is 0 Å². The van der Waals surface area contributed by atoms with E-state index >= 15 is 0 Å². The van der Waals surface area contributed by atoms with Crippen molar-refractivity contribution in [2.24, 2.45) is 0 Å². The highest BCUT2D eigenvalue weighted by Gasteiger charge is 0.998. The monoisotopic (exact) mass is 208 g/mol. The number of hydrogen-bond acceptors (Lipinski definition) is 0. The van der Waals surface area contributed by atoms with Gasteiger partial charge in [-0.05, 0) is 0 Å². The van der Waals surface area contributed by atoms with Crippen LogP contribution < -0.4 is 0 Å². The van der Waals surface area contributed by atoms with Crippen molar-refractivity contribution in [3.05, 3.63) is 0 Å². The Hall–Kier alpha value is 0.519. The lowest BCUT2D eigenvalue weighted by atomic mass is 10.2. The third kappa shape index (κ3) is 9830. The second-order valence-corrected chi connectivity index (χ2v) is 0. The maximum Gasteiger partial charge on any atom is 0.0606 e. The van der Waals surface area contributed by atoms with E-state index in [0.29, 0.717) is 0 Å². The average molecular weight is 207 g/mol. The van der Waals surface area contributed by atoms with Gasteiger partial charge in [-0.2, -0.15) is 0 Å². The summed E-state index contributed by atoms with van der Waals surface area (Å²) in [5, 5.41) is 0. The number of rotatable bonds is 0. The molecular formula is C8H24B8. The Kier molecular flexibility index (Phi) is 41500. The Labute approximate surface area is 118 Å². The Balaban J connectivity index is -0.00000000762. The lowest BCUT2D eigenvalue weighted by molar-refractivity contribution is 2.39. The van der Waals surface area contributed by atoms with E-state index in [9.17, 15) is 0 Å². The first-order chi connectivity index (χ1) is 8.00. The van der Waals surface area contributed by atoms with Gasteiger partial charge in [-0.3, -0.25) is 0 Å². The van der Waals surface area contributed by atoms with Crippen molar-refractivity contribution in [3.63, 3.8) is 0 Å². The molecule has 0 heterocycles. The first-order valence-corrected chi connectivity index (χ1v) is 4.62. The molecule has 0 aromatic heterocycles. The highest BCUT2D eigenvalue weighted by Crippen LogP contribution is 0.974. The van der Waals surface area contributed by atoms with Crippen molar-refractivity contribution in [1.29, 1.82) is 0 Å². The lowest BCUT2D eigenvalue weighted by Crippen LogP contribution is -1.13. The van der Waals surface area contributed by atoms with Gasteiger partial charge in [0.05, 0.1) is 62.8 Å². The molecule has 0 fully saturated rings. The SMILES string of the molecule is [B]C.[B]C.[B]C.[B]C.[B]C.[B]C.[B]C.[B]C. The van der Waals surface area contributed by atoms with Crippen LogP contribution in [-0.4, -0.2) is 62.8 Å². The van der Waals surface area contributed by atoms with Crippen molar-refractivity contribution in [3.8, 4) is 0 Å². The van der Waals surface area contributed by atoms with Crippen LogP contribution in [0.5, 0.6) is 0 Å². The molecule has 0 N–H and O–H groups in total. The summed E-state index contributed by atoms with van der Waals surface area (Å²) in [6.45, 7) is 12.0. The molecule has 0 aliphatic heterocycles. The molecule has 0 aliphatic rings. The lowest BCUT2D eigenvalue weighted by Gasteiger charge is -1.02. The molecule has 0 amide bonds. The van der Waals surface area contributed by atoms with E-state index in [1.165, 1.54) is 54.6 Å². The van der Waals surface area contributed by atoms with E-state index < -0.39 is 0 Å². The van der Waals surface area contributed by atoms with Crippen molar-refractivity contribution >= 4 is 62.8 Å². The first-order valence-electron chi connectivity index (χ1n) is 4.62. The predicted molar refractivity (Wildman–Crippen MR) is 92.9 cm³/mol. The van der Waals surface area contributed by atoms with E-state index in [1.54, 1.807) is 0 Å². The molecule has 0 aliphatic carbocycles. The molecule has 8 heteroatoms. The van der Waals surface area contributed by atoms with Crippen LogP contribution in [0.2, 0.25) is 54.6 Å². The normalized spacial score (nSPS) is 2.50. The third-order valence-corrected chi connectivity index (χ3v) is 0. The first kappa shape index (κ1) is 54.8. The highest BCUT2D eigenvalue weighted by molar-refractivity contribution is 6.06. The second-order valence-electron chi connectivity index (χ2n) is 0. The van der Waals surface area contributed by atoms with E-state index in [-0.39, 0.29) is 0 Å². The molecule has 80 valence electrons. The predicted octanol–water partition coefficient (Wildman–Crippen LogP) is 1.62. The zero-order valence-corrected chi connectivity index (χ0v) is 12.6. The summed E-state index contributed by atoms with van der Waals surface area (Å²) in [6, 6.07) is 0. The van der Waals surface area contributed by atoms with Gasteiger partial charge in [0.15, 0.2) is 0 Å². The molecule has 0 spiro atoms. The van der Waals surface area contributed by atoms with Crippen LogP contribution in [0.4, 0.5) is 0 Å². The van der Waals surface area contributed by atoms with Gasteiger partial charge in [0.25, 0.3) is 0 Å². The quantitative estimate of drug-likeness (QED) is 0.529. The fraction of sp³-hybridized carbons (Fsp3) is 1.00. The van der Waals surface area contributed by atoms with Crippen molar-refractivity contribution < 1.29 is 0 Å². The van der Waals surface area contributed by atoms with Crippen LogP contribution in [0.1, 0.15) is 0 Å². The molecule has 0 nitrogen and oxygen atoms in total. The fourth-order valence-corrected chi connectivity index (χ4v) is 0. The van der Waals surface area contributed by atoms with Crippen LogP contribution >= 0.6 is 0 Å². The van der Waals surface area contributed by atoms with Crippen LogP contribution in [0.15, 0.2) is 0 Å². The van der Waals surface area contributed by atoms with Gasteiger partial charge >= 0.3 is 0 Å². The molecule has 0 bridgehead atoms. The van der Waals surface area contributed by atoms with Crippen LogP contribution in [0, 0.1) is 0 Å². The largest absolute Gasteiger partial charge is 0.0999 e. The van der Waals surface area contributed by atoms with Crippen molar-refractivity contribution in [1.82, 2.24) is 0 Å². The molecule has 0 aromatic carbocycles. The van der Waals surface area contributed by atoms with Crippen LogP contribution in [0.25, 0.3) is 0 Å². The van der Waals surface area contributed by atoms with E-state index in [1.807, 2.05) is 0 Å². The van der Waals surface area contributed by atoms with Gasteiger partial charge in [-0.1, -0.05) is 54.6 Å². The molecule has 0 aromatic rings. The molecular weight excluding hydrogens is 183 g/mol. The Morgan fingerprint density at radius 1 is 0.188 bits per heavy atom. The van der Waals surface area contributed by atoms with E-state index in [4.69, 9.17) is 0 Å². The van der Waals surface area contributed by atoms with Crippen LogP contribution in [-0.2, 0) is 0 Å².